The lowest BCUT2D eigenvalue weighted by Crippen LogP contribution is -2.42. The van der Waals surface area contributed by atoms with E-state index in [1.807, 2.05) is 0 Å². The third kappa shape index (κ3) is 2.32. The number of aliphatic hydroxyl groups excluding tert-OH is 1. The number of piperidine rings is 1. The number of benzene rings is 1. The lowest BCUT2D eigenvalue weighted by molar-refractivity contribution is -0.115. The normalized spacial score (nSPS) is 23.4. The summed E-state index contributed by atoms with van der Waals surface area (Å²) in [5.41, 5.74) is 1.38. The number of amides is 1. The minimum Gasteiger partial charge on any atom is -0.392 e. The van der Waals surface area contributed by atoms with Crippen LogP contribution in [0.3, 0.4) is 0 Å². The molecule has 108 valence electrons. The number of sulfonamides is 1. The van der Waals surface area contributed by atoms with E-state index in [1.54, 1.807) is 12.1 Å². The predicted molar refractivity (Wildman–Crippen MR) is 72.8 cm³/mol. The molecule has 2 N–H and O–H groups in total. The van der Waals surface area contributed by atoms with Gasteiger partial charge < -0.3 is 10.4 Å². The zero-order valence-corrected chi connectivity index (χ0v) is 11.7. The van der Waals surface area contributed by atoms with Gasteiger partial charge in [-0.3, -0.25) is 4.79 Å². The quantitative estimate of drug-likeness (QED) is 0.823. The molecule has 2 heterocycles. The second-order valence-corrected chi connectivity index (χ2v) is 7.14. The maximum absolute atomic E-state index is 12.5. The standard InChI is InChI=1S/C13H16N2O4S/c16-10-2-1-5-15(8-10)20(18,19)11-3-4-12-9(6-11)7-13(17)14-12/h3-4,6,10,16H,1-2,5,7-8H2,(H,14,17). The van der Waals surface area contributed by atoms with Crippen molar-refractivity contribution in [1.29, 1.82) is 0 Å². The fraction of sp³-hybridized carbons (Fsp3) is 0.462. The average molecular weight is 296 g/mol. The fourth-order valence-corrected chi connectivity index (χ4v) is 4.22. The Morgan fingerprint density at radius 2 is 2.15 bits per heavy atom. The first kappa shape index (κ1) is 13.5. The number of rotatable bonds is 2. The topological polar surface area (TPSA) is 86.7 Å². The van der Waals surface area contributed by atoms with Gasteiger partial charge in [0.1, 0.15) is 0 Å². The average Bonchev–Trinajstić information content (AvgIpc) is 2.77. The highest BCUT2D eigenvalue weighted by Crippen LogP contribution is 2.28. The van der Waals surface area contributed by atoms with E-state index in [0.717, 1.165) is 0 Å². The van der Waals surface area contributed by atoms with Gasteiger partial charge in [-0.2, -0.15) is 4.31 Å². The molecule has 3 rings (SSSR count). The number of fused-ring (bicyclic) bond motifs is 1. The number of hydrogen-bond acceptors (Lipinski definition) is 4. The molecular weight excluding hydrogens is 280 g/mol. The molecule has 1 atom stereocenters. The zero-order chi connectivity index (χ0) is 14.3. The van der Waals surface area contributed by atoms with Gasteiger partial charge in [0.25, 0.3) is 0 Å². The van der Waals surface area contributed by atoms with Crippen LogP contribution in [0.2, 0.25) is 0 Å². The lowest BCUT2D eigenvalue weighted by atomic mass is 10.1. The van der Waals surface area contributed by atoms with Crippen LogP contribution in [0.15, 0.2) is 23.1 Å². The summed E-state index contributed by atoms with van der Waals surface area (Å²) in [5.74, 6) is -0.122. The number of anilines is 1. The first-order valence-corrected chi connectivity index (χ1v) is 8.02. The Kier molecular flexibility index (Phi) is 3.27. The largest absolute Gasteiger partial charge is 0.392 e. The molecule has 0 spiro atoms. The smallest absolute Gasteiger partial charge is 0.243 e. The Hall–Kier alpha value is -1.44. The van der Waals surface area contributed by atoms with E-state index in [4.69, 9.17) is 0 Å². The van der Waals surface area contributed by atoms with E-state index in [1.165, 1.54) is 10.4 Å². The van der Waals surface area contributed by atoms with Crippen LogP contribution < -0.4 is 5.32 Å². The Morgan fingerprint density at radius 1 is 1.35 bits per heavy atom. The maximum atomic E-state index is 12.5. The number of nitrogens with one attached hydrogen (secondary N) is 1. The van der Waals surface area contributed by atoms with Gasteiger partial charge in [-0.25, -0.2) is 8.42 Å². The van der Waals surface area contributed by atoms with E-state index in [0.29, 0.717) is 30.6 Å². The minimum atomic E-state index is -3.60. The molecule has 0 radical (unpaired) electrons. The molecule has 20 heavy (non-hydrogen) atoms. The van der Waals surface area contributed by atoms with Crippen LogP contribution in [0.25, 0.3) is 0 Å². The molecule has 0 bridgehead atoms. The van der Waals surface area contributed by atoms with Gasteiger partial charge in [0.15, 0.2) is 0 Å². The van der Waals surface area contributed by atoms with Gasteiger partial charge in [-0.05, 0) is 36.6 Å². The van der Waals surface area contributed by atoms with E-state index in [-0.39, 0.29) is 23.8 Å². The highest BCUT2D eigenvalue weighted by atomic mass is 32.2. The van der Waals surface area contributed by atoms with Crippen molar-refractivity contribution in [2.45, 2.75) is 30.3 Å². The Labute approximate surface area is 117 Å². The molecule has 1 aromatic carbocycles. The molecule has 1 fully saturated rings. The number of aliphatic hydroxyl groups is 1. The number of carbonyl (C=O) groups is 1. The summed E-state index contributed by atoms with van der Waals surface area (Å²) in [7, 11) is -3.60. The van der Waals surface area contributed by atoms with Gasteiger partial charge in [-0.1, -0.05) is 0 Å². The summed E-state index contributed by atoms with van der Waals surface area (Å²) < 4.78 is 26.4. The van der Waals surface area contributed by atoms with Crippen LogP contribution in [0.5, 0.6) is 0 Å². The lowest BCUT2D eigenvalue weighted by Gasteiger charge is -2.29. The number of carbonyl (C=O) groups excluding carboxylic acids is 1. The highest BCUT2D eigenvalue weighted by molar-refractivity contribution is 7.89. The molecule has 1 amide bonds. The molecule has 0 aliphatic carbocycles. The minimum absolute atomic E-state index is 0.122. The molecule has 1 aromatic rings. The summed E-state index contributed by atoms with van der Waals surface area (Å²) in [6.45, 7) is 0.560. The third-order valence-electron chi connectivity index (χ3n) is 3.70. The monoisotopic (exact) mass is 296 g/mol. The van der Waals surface area contributed by atoms with Crippen LogP contribution in [-0.4, -0.2) is 42.9 Å². The van der Waals surface area contributed by atoms with Gasteiger partial charge in [0.05, 0.1) is 17.4 Å². The van der Waals surface area contributed by atoms with Crippen molar-refractivity contribution in [3.05, 3.63) is 23.8 Å². The van der Waals surface area contributed by atoms with Gasteiger partial charge in [-0.15, -0.1) is 0 Å². The Bertz CT molecular complexity index is 656. The van der Waals surface area contributed by atoms with Crippen molar-refractivity contribution < 1.29 is 18.3 Å². The molecule has 2 aliphatic heterocycles. The van der Waals surface area contributed by atoms with Crippen LogP contribution in [0, 0.1) is 0 Å². The number of β-amino-alcohol motifs (C(OH)–C–C–N with tert-alkyl or cyclic N) is 1. The Morgan fingerprint density at radius 3 is 2.90 bits per heavy atom. The molecule has 0 saturated carbocycles. The summed E-state index contributed by atoms with van der Waals surface area (Å²) >= 11 is 0. The summed E-state index contributed by atoms with van der Waals surface area (Å²) in [6, 6.07) is 4.66. The molecular formula is C13H16N2O4S. The maximum Gasteiger partial charge on any atom is 0.243 e. The van der Waals surface area contributed by atoms with Crippen molar-refractivity contribution in [2.24, 2.45) is 0 Å². The van der Waals surface area contributed by atoms with Gasteiger partial charge in [0.2, 0.25) is 15.9 Å². The molecule has 6 nitrogen and oxygen atoms in total. The van der Waals surface area contributed by atoms with Crippen LogP contribution >= 0.6 is 0 Å². The van der Waals surface area contributed by atoms with E-state index >= 15 is 0 Å². The molecule has 0 aromatic heterocycles. The van der Waals surface area contributed by atoms with Gasteiger partial charge in [0, 0.05) is 18.8 Å². The fourth-order valence-electron chi connectivity index (χ4n) is 2.65. The predicted octanol–water partition coefficient (Wildman–Crippen LogP) is 0.327. The van der Waals surface area contributed by atoms with Crippen molar-refractivity contribution in [3.63, 3.8) is 0 Å². The van der Waals surface area contributed by atoms with Crippen LogP contribution in [0.1, 0.15) is 18.4 Å². The zero-order valence-electron chi connectivity index (χ0n) is 10.9. The van der Waals surface area contributed by atoms with Crippen LogP contribution in [0.4, 0.5) is 5.69 Å². The van der Waals surface area contributed by atoms with Crippen molar-refractivity contribution in [2.75, 3.05) is 18.4 Å². The first-order valence-electron chi connectivity index (χ1n) is 6.58. The summed E-state index contributed by atoms with van der Waals surface area (Å²) in [6.07, 6.45) is 0.901. The van der Waals surface area contributed by atoms with Crippen molar-refractivity contribution >= 4 is 21.6 Å². The second kappa shape index (κ2) is 4.83. The van der Waals surface area contributed by atoms with E-state index in [9.17, 15) is 18.3 Å². The summed E-state index contributed by atoms with van der Waals surface area (Å²) in [5, 5.41) is 12.3. The first-order chi connectivity index (χ1) is 9.46. The van der Waals surface area contributed by atoms with E-state index in [2.05, 4.69) is 5.32 Å². The Balaban J connectivity index is 1.92. The van der Waals surface area contributed by atoms with Crippen molar-refractivity contribution in [3.8, 4) is 0 Å². The van der Waals surface area contributed by atoms with Crippen LogP contribution in [-0.2, 0) is 21.2 Å². The molecule has 1 unspecified atom stereocenters. The molecule has 2 aliphatic rings. The summed E-state index contributed by atoms with van der Waals surface area (Å²) in [4.78, 5) is 11.5. The highest BCUT2D eigenvalue weighted by Gasteiger charge is 2.30. The van der Waals surface area contributed by atoms with Gasteiger partial charge >= 0.3 is 0 Å². The van der Waals surface area contributed by atoms with Crippen molar-refractivity contribution in [1.82, 2.24) is 4.31 Å². The van der Waals surface area contributed by atoms with E-state index < -0.39 is 16.1 Å². The number of hydrogen-bond donors (Lipinski definition) is 2. The second-order valence-electron chi connectivity index (χ2n) is 5.20. The third-order valence-corrected chi connectivity index (χ3v) is 5.56. The molecule has 7 heteroatoms. The number of nitrogens with zero attached hydrogens (tertiary/aromatic N) is 1. The molecule has 1 saturated heterocycles. The SMILES string of the molecule is O=C1Cc2cc(S(=O)(=O)N3CCCC(O)C3)ccc2N1.